The van der Waals surface area contributed by atoms with Crippen molar-refractivity contribution in [3.05, 3.63) is 12.2 Å². The van der Waals surface area contributed by atoms with Gasteiger partial charge in [0, 0.05) is 45.4 Å². The number of hydrogen-bond donors (Lipinski definition) is 3. The fourth-order valence-corrected chi connectivity index (χ4v) is 2.35. The number of carbonyl (C=O) groups is 3. The van der Waals surface area contributed by atoms with Crippen molar-refractivity contribution in [3.8, 4) is 0 Å². The molecule has 0 saturated heterocycles. The molecule has 0 aliphatic carbocycles. The van der Waals surface area contributed by atoms with E-state index in [4.69, 9.17) is 24.9 Å². The molecular weight excluding hydrogens is 467 g/mol. The van der Waals surface area contributed by atoms with Crippen LogP contribution in [0, 0.1) is 0 Å². The van der Waals surface area contributed by atoms with E-state index in [1.807, 2.05) is 0 Å². The minimum atomic E-state index is -1.82. The van der Waals surface area contributed by atoms with Gasteiger partial charge in [-0.05, 0) is 32.1 Å². The molecule has 0 aromatic heterocycles. The number of carboxylic acids is 3. The van der Waals surface area contributed by atoms with Crippen LogP contribution in [-0.4, -0.2) is 33.2 Å². The van der Waals surface area contributed by atoms with Crippen molar-refractivity contribution in [2.24, 2.45) is 0 Å². The number of allylic oxidation sites excluding steroid dienone is 2. The summed E-state index contributed by atoms with van der Waals surface area (Å²) in [7, 11) is 0. The van der Waals surface area contributed by atoms with Crippen molar-refractivity contribution in [1.29, 1.82) is 0 Å². The van der Waals surface area contributed by atoms with Gasteiger partial charge in [-0.1, -0.05) is 70.4 Å². The molecule has 0 amide bonds. The molecule has 0 rings (SSSR count). The smallest absolute Gasteiger partial charge is 0.414 e. The van der Waals surface area contributed by atoms with Gasteiger partial charge in [-0.15, -0.1) is 0 Å². The molecule has 0 aromatic carbocycles. The third-order valence-electron chi connectivity index (χ3n) is 3.84. The van der Waals surface area contributed by atoms with E-state index in [9.17, 15) is 4.79 Å². The zero-order valence-corrected chi connectivity index (χ0v) is 23.5. The number of unbranched alkanes of at least 4 members (excludes halogenated alkanes) is 11. The Labute approximate surface area is 195 Å². The van der Waals surface area contributed by atoms with E-state index >= 15 is 0 Å². The topological polar surface area (TPSA) is 112 Å². The number of hydrogen-bond acceptors (Lipinski definition) is 3. The molecule has 0 aromatic rings. The SMILES string of the molecule is CCCCCCCC/C=C\CCCCCCCC(=O)O.O=C(O)C(=O)O.[Zn].[Zn]. The molecule has 8 heteroatoms. The molecule has 28 heavy (non-hydrogen) atoms. The first kappa shape index (κ1) is 34.9. The predicted molar refractivity (Wildman–Crippen MR) is 102 cm³/mol. The first-order chi connectivity index (χ1) is 12.4. The summed E-state index contributed by atoms with van der Waals surface area (Å²) in [4.78, 5) is 28.5. The Morgan fingerprint density at radius 1 is 0.607 bits per heavy atom. The first-order valence-electron chi connectivity index (χ1n) is 9.74. The summed E-state index contributed by atoms with van der Waals surface area (Å²) in [6, 6.07) is 0. The van der Waals surface area contributed by atoms with Gasteiger partial charge < -0.3 is 15.3 Å². The Morgan fingerprint density at radius 2 is 0.964 bits per heavy atom. The molecular formula is C20H36O6Zn2. The normalized spacial score (nSPS) is 9.61. The Morgan fingerprint density at radius 3 is 1.32 bits per heavy atom. The third kappa shape index (κ3) is 36.3. The van der Waals surface area contributed by atoms with E-state index in [0.717, 1.165) is 12.8 Å². The first-order valence-corrected chi connectivity index (χ1v) is 9.74. The van der Waals surface area contributed by atoms with Crippen LogP contribution >= 0.6 is 0 Å². The molecule has 0 saturated carbocycles. The number of carboxylic acid groups (broad SMARTS) is 3. The largest absolute Gasteiger partial charge is 0.481 e. The fraction of sp³-hybridized carbons (Fsp3) is 0.750. The Balaban J connectivity index is -0.000000312. The molecule has 0 fully saturated rings. The molecule has 0 aliphatic heterocycles. The van der Waals surface area contributed by atoms with E-state index in [2.05, 4.69) is 19.1 Å². The molecule has 0 atom stereocenters. The van der Waals surface area contributed by atoms with Crippen LogP contribution in [0.4, 0.5) is 0 Å². The quantitative estimate of drug-likeness (QED) is 0.122. The fourth-order valence-electron chi connectivity index (χ4n) is 2.35. The van der Waals surface area contributed by atoms with Crippen molar-refractivity contribution in [2.45, 2.75) is 96.8 Å². The molecule has 0 heterocycles. The molecule has 3 N–H and O–H groups in total. The van der Waals surface area contributed by atoms with Crippen LogP contribution in [-0.2, 0) is 53.3 Å². The van der Waals surface area contributed by atoms with E-state index < -0.39 is 17.9 Å². The monoisotopic (exact) mass is 500 g/mol. The summed E-state index contributed by atoms with van der Waals surface area (Å²) in [5, 5.41) is 23.3. The van der Waals surface area contributed by atoms with Crippen LogP contribution < -0.4 is 0 Å². The van der Waals surface area contributed by atoms with Crippen LogP contribution in [0.25, 0.3) is 0 Å². The molecule has 156 valence electrons. The Kier molecular flexibility index (Phi) is 35.6. The minimum absolute atomic E-state index is 0. The van der Waals surface area contributed by atoms with Gasteiger partial charge in [-0.25, -0.2) is 9.59 Å². The molecule has 0 spiro atoms. The minimum Gasteiger partial charge on any atom is -0.481 e. The molecule has 0 aliphatic rings. The van der Waals surface area contributed by atoms with Crippen molar-refractivity contribution in [3.63, 3.8) is 0 Å². The van der Waals surface area contributed by atoms with Gasteiger partial charge in [-0.3, -0.25) is 4.79 Å². The number of aliphatic carboxylic acids is 3. The van der Waals surface area contributed by atoms with Gasteiger partial charge >= 0.3 is 17.9 Å². The molecule has 0 radical (unpaired) electrons. The van der Waals surface area contributed by atoms with Crippen molar-refractivity contribution >= 4 is 17.9 Å². The zero-order valence-electron chi connectivity index (χ0n) is 17.5. The Bertz CT molecular complexity index is 388. The van der Waals surface area contributed by atoms with Gasteiger partial charge in [0.05, 0.1) is 0 Å². The Hall–Kier alpha value is -0.603. The van der Waals surface area contributed by atoms with Crippen molar-refractivity contribution in [2.75, 3.05) is 0 Å². The van der Waals surface area contributed by atoms with E-state index in [1.54, 1.807) is 0 Å². The van der Waals surface area contributed by atoms with Gasteiger partial charge in [0.15, 0.2) is 0 Å². The second-order valence-electron chi connectivity index (χ2n) is 6.34. The van der Waals surface area contributed by atoms with Crippen molar-refractivity contribution < 1.29 is 68.7 Å². The van der Waals surface area contributed by atoms with Gasteiger partial charge in [0.1, 0.15) is 0 Å². The van der Waals surface area contributed by atoms with Crippen LogP contribution in [0.1, 0.15) is 96.8 Å². The standard InChI is InChI=1S/C18H34O2.C2H2O4.2Zn/c1-2-3-4-5-6-7-8-9-10-11-12-13-14-15-16-17-18(19)20;3-1(4)2(5)6;;/h9-10H,2-8,11-17H2,1H3,(H,19,20);(H,3,4)(H,5,6);;/b10-9-;;;. The molecule has 0 bridgehead atoms. The average molecular weight is 503 g/mol. The van der Waals surface area contributed by atoms with Gasteiger partial charge in [0.25, 0.3) is 0 Å². The van der Waals surface area contributed by atoms with Gasteiger partial charge in [-0.2, -0.15) is 0 Å². The summed E-state index contributed by atoms with van der Waals surface area (Å²) in [6.45, 7) is 2.26. The molecule has 6 nitrogen and oxygen atoms in total. The maximum absolute atomic E-state index is 10.3. The van der Waals surface area contributed by atoms with E-state index in [-0.39, 0.29) is 39.0 Å². The summed E-state index contributed by atoms with van der Waals surface area (Å²) >= 11 is 0. The summed E-state index contributed by atoms with van der Waals surface area (Å²) in [6.07, 6.45) is 21.2. The number of rotatable bonds is 15. The maximum Gasteiger partial charge on any atom is 0.414 e. The van der Waals surface area contributed by atoms with Crippen LogP contribution in [0.5, 0.6) is 0 Å². The second kappa shape index (κ2) is 28.6. The van der Waals surface area contributed by atoms with E-state index in [0.29, 0.717) is 6.42 Å². The maximum atomic E-state index is 10.3. The summed E-state index contributed by atoms with van der Waals surface area (Å²) in [5.74, 6) is -4.31. The summed E-state index contributed by atoms with van der Waals surface area (Å²) < 4.78 is 0. The average Bonchev–Trinajstić information content (AvgIpc) is 2.58. The summed E-state index contributed by atoms with van der Waals surface area (Å²) in [5.41, 5.74) is 0. The van der Waals surface area contributed by atoms with E-state index in [1.165, 1.54) is 70.6 Å². The third-order valence-corrected chi connectivity index (χ3v) is 3.84. The van der Waals surface area contributed by atoms with Gasteiger partial charge in [0.2, 0.25) is 0 Å². The van der Waals surface area contributed by atoms with Crippen LogP contribution in [0.2, 0.25) is 0 Å². The van der Waals surface area contributed by atoms with Crippen LogP contribution in [0.3, 0.4) is 0 Å². The molecule has 0 unspecified atom stereocenters. The van der Waals surface area contributed by atoms with Crippen molar-refractivity contribution in [1.82, 2.24) is 0 Å². The van der Waals surface area contributed by atoms with Crippen LogP contribution in [0.15, 0.2) is 12.2 Å². The zero-order chi connectivity index (χ0) is 20.0. The predicted octanol–water partition coefficient (Wildman–Crippen LogP) is 5.26. The second-order valence-corrected chi connectivity index (χ2v) is 6.34.